The Hall–Kier alpha value is -1.24. The van der Waals surface area contributed by atoms with Gasteiger partial charge in [0.2, 0.25) is 0 Å². The summed E-state index contributed by atoms with van der Waals surface area (Å²) >= 11 is 5.53. The molecule has 15 heavy (non-hydrogen) atoms. The van der Waals surface area contributed by atoms with Crippen LogP contribution < -0.4 is 4.74 Å². The van der Waals surface area contributed by atoms with Crippen LogP contribution in [-0.4, -0.2) is 25.2 Å². The number of benzene rings is 1. The summed E-state index contributed by atoms with van der Waals surface area (Å²) in [4.78, 5) is 0. The van der Waals surface area contributed by atoms with Crippen LogP contribution in [0.15, 0.2) is 30.3 Å². The third-order valence-corrected chi connectivity index (χ3v) is 1.87. The summed E-state index contributed by atoms with van der Waals surface area (Å²) in [6.45, 7) is 1.12. The first-order chi connectivity index (χ1) is 7.33. The van der Waals surface area contributed by atoms with E-state index in [4.69, 9.17) is 26.3 Å². The lowest BCUT2D eigenvalue weighted by Gasteiger charge is -2.06. The minimum atomic E-state index is -0.582. The minimum absolute atomic E-state index is 0.232. The third kappa shape index (κ3) is 5.26. The van der Waals surface area contributed by atoms with Crippen LogP contribution in [-0.2, 0) is 4.74 Å². The van der Waals surface area contributed by atoms with Gasteiger partial charge in [-0.05, 0) is 12.1 Å². The van der Waals surface area contributed by atoms with Gasteiger partial charge in [-0.15, -0.1) is 11.6 Å². The van der Waals surface area contributed by atoms with E-state index in [-0.39, 0.29) is 6.61 Å². The van der Waals surface area contributed by atoms with E-state index in [1.54, 1.807) is 0 Å². The zero-order valence-electron chi connectivity index (χ0n) is 8.23. The number of hydrogen-bond donors (Lipinski definition) is 0. The maximum absolute atomic E-state index is 8.38. The summed E-state index contributed by atoms with van der Waals surface area (Å²) in [5.41, 5.74) is 0. The van der Waals surface area contributed by atoms with Gasteiger partial charge in [-0.1, -0.05) is 18.2 Å². The van der Waals surface area contributed by atoms with Crippen LogP contribution in [0.1, 0.15) is 0 Å². The van der Waals surface area contributed by atoms with Gasteiger partial charge < -0.3 is 9.47 Å². The first-order valence-corrected chi connectivity index (χ1v) is 5.06. The first kappa shape index (κ1) is 11.8. The zero-order valence-corrected chi connectivity index (χ0v) is 8.98. The van der Waals surface area contributed by atoms with Crippen molar-refractivity contribution in [1.29, 1.82) is 5.26 Å². The van der Waals surface area contributed by atoms with Crippen molar-refractivity contribution in [2.75, 3.05) is 19.8 Å². The quantitative estimate of drug-likeness (QED) is 0.551. The molecule has 0 aliphatic carbocycles. The number of nitrogens with zero attached hydrogens (tertiary/aromatic N) is 1. The van der Waals surface area contributed by atoms with E-state index in [0.717, 1.165) is 5.75 Å². The van der Waals surface area contributed by atoms with Crippen molar-refractivity contribution in [3.63, 3.8) is 0 Å². The van der Waals surface area contributed by atoms with Gasteiger partial charge in [0.05, 0.1) is 19.3 Å². The predicted octanol–water partition coefficient (Wildman–Crippen LogP) is 2.21. The van der Waals surface area contributed by atoms with Crippen molar-refractivity contribution in [2.45, 2.75) is 5.38 Å². The van der Waals surface area contributed by atoms with Gasteiger partial charge in [-0.2, -0.15) is 5.26 Å². The predicted molar refractivity (Wildman–Crippen MR) is 58.0 cm³/mol. The van der Waals surface area contributed by atoms with Gasteiger partial charge in [0.25, 0.3) is 0 Å². The maximum Gasteiger partial charge on any atom is 0.143 e. The lowest BCUT2D eigenvalue weighted by molar-refractivity contribution is 0.105. The summed E-state index contributed by atoms with van der Waals surface area (Å²) in [5, 5.41) is 7.79. The van der Waals surface area contributed by atoms with E-state index in [1.165, 1.54) is 0 Å². The SMILES string of the molecule is N#CC(Cl)COCCOc1ccccc1. The molecule has 0 amide bonds. The van der Waals surface area contributed by atoms with E-state index < -0.39 is 5.38 Å². The zero-order chi connectivity index (χ0) is 10.9. The Morgan fingerprint density at radius 2 is 2.00 bits per heavy atom. The maximum atomic E-state index is 8.38. The van der Waals surface area contributed by atoms with Crippen LogP contribution in [0.25, 0.3) is 0 Å². The number of halogens is 1. The molecular weight excluding hydrogens is 214 g/mol. The van der Waals surface area contributed by atoms with Crippen LogP contribution in [0, 0.1) is 11.3 Å². The normalized spacial score (nSPS) is 11.7. The molecule has 0 N–H and O–H groups in total. The number of para-hydroxylation sites is 1. The molecule has 1 aromatic carbocycles. The fraction of sp³-hybridized carbons (Fsp3) is 0.364. The Morgan fingerprint density at radius 1 is 1.27 bits per heavy atom. The van der Waals surface area contributed by atoms with E-state index in [2.05, 4.69) is 0 Å². The van der Waals surface area contributed by atoms with Gasteiger partial charge in [-0.25, -0.2) is 0 Å². The average Bonchev–Trinajstić information content (AvgIpc) is 2.29. The second-order valence-electron chi connectivity index (χ2n) is 2.83. The second kappa shape index (κ2) is 7.10. The molecule has 1 rings (SSSR count). The topological polar surface area (TPSA) is 42.2 Å². The van der Waals surface area contributed by atoms with Crippen molar-refractivity contribution in [1.82, 2.24) is 0 Å². The monoisotopic (exact) mass is 225 g/mol. The summed E-state index contributed by atoms with van der Waals surface area (Å²) < 4.78 is 10.5. The van der Waals surface area contributed by atoms with E-state index in [9.17, 15) is 0 Å². The fourth-order valence-corrected chi connectivity index (χ4v) is 1.05. The highest BCUT2D eigenvalue weighted by molar-refractivity contribution is 6.22. The summed E-state index contributed by atoms with van der Waals surface area (Å²) in [7, 11) is 0. The molecule has 0 aliphatic rings. The van der Waals surface area contributed by atoms with Gasteiger partial charge in [-0.3, -0.25) is 0 Å². The van der Waals surface area contributed by atoms with Gasteiger partial charge >= 0.3 is 0 Å². The Bertz CT molecular complexity index is 310. The van der Waals surface area contributed by atoms with Crippen molar-refractivity contribution < 1.29 is 9.47 Å². The molecule has 1 atom stereocenters. The Labute approximate surface area is 94.2 Å². The molecule has 0 aromatic heterocycles. The fourth-order valence-electron chi connectivity index (χ4n) is 0.959. The molecule has 0 saturated carbocycles. The van der Waals surface area contributed by atoms with Crippen LogP contribution in [0.5, 0.6) is 5.75 Å². The molecule has 4 heteroatoms. The molecule has 0 heterocycles. The lowest BCUT2D eigenvalue weighted by atomic mass is 10.3. The molecule has 0 spiro atoms. The van der Waals surface area contributed by atoms with Gasteiger partial charge in [0, 0.05) is 0 Å². The van der Waals surface area contributed by atoms with Crippen molar-refractivity contribution in [3.05, 3.63) is 30.3 Å². The average molecular weight is 226 g/mol. The first-order valence-electron chi connectivity index (χ1n) is 4.62. The molecule has 0 saturated heterocycles. The van der Waals surface area contributed by atoms with E-state index >= 15 is 0 Å². The van der Waals surface area contributed by atoms with Crippen molar-refractivity contribution in [3.8, 4) is 11.8 Å². The smallest absolute Gasteiger partial charge is 0.143 e. The Morgan fingerprint density at radius 3 is 2.67 bits per heavy atom. The molecule has 3 nitrogen and oxygen atoms in total. The van der Waals surface area contributed by atoms with E-state index in [1.807, 2.05) is 36.4 Å². The van der Waals surface area contributed by atoms with Crippen LogP contribution in [0.4, 0.5) is 0 Å². The Balaban J connectivity index is 2.06. The number of ether oxygens (including phenoxy) is 2. The molecule has 0 radical (unpaired) electrons. The Kier molecular flexibility index (Phi) is 5.60. The van der Waals surface area contributed by atoms with Crippen molar-refractivity contribution in [2.24, 2.45) is 0 Å². The second-order valence-corrected chi connectivity index (χ2v) is 3.36. The molecule has 1 unspecified atom stereocenters. The highest BCUT2D eigenvalue weighted by atomic mass is 35.5. The highest BCUT2D eigenvalue weighted by Crippen LogP contribution is 2.07. The van der Waals surface area contributed by atoms with E-state index in [0.29, 0.717) is 13.2 Å². The summed E-state index contributed by atoms with van der Waals surface area (Å²) in [6.07, 6.45) is 0. The van der Waals surface area contributed by atoms with Gasteiger partial charge in [0.15, 0.2) is 0 Å². The van der Waals surface area contributed by atoms with Crippen molar-refractivity contribution >= 4 is 11.6 Å². The van der Waals surface area contributed by atoms with Crippen LogP contribution in [0.2, 0.25) is 0 Å². The number of rotatable bonds is 6. The highest BCUT2D eigenvalue weighted by Gasteiger charge is 2.00. The largest absolute Gasteiger partial charge is 0.491 e. The van der Waals surface area contributed by atoms with Crippen LogP contribution in [0.3, 0.4) is 0 Å². The third-order valence-electron chi connectivity index (χ3n) is 1.64. The standard InChI is InChI=1S/C11H12ClNO2/c12-10(8-13)9-14-6-7-15-11-4-2-1-3-5-11/h1-5,10H,6-7,9H2. The molecule has 80 valence electrons. The summed E-state index contributed by atoms with van der Waals surface area (Å²) in [5.74, 6) is 0.809. The molecule has 1 aromatic rings. The van der Waals surface area contributed by atoms with Crippen LogP contribution >= 0.6 is 11.6 Å². The lowest BCUT2D eigenvalue weighted by Crippen LogP contribution is -2.12. The van der Waals surface area contributed by atoms with Gasteiger partial charge in [0.1, 0.15) is 17.7 Å². The number of alkyl halides is 1. The molecule has 0 fully saturated rings. The minimum Gasteiger partial charge on any atom is -0.491 e. The molecular formula is C11H12ClNO2. The number of nitriles is 1. The molecule has 0 bridgehead atoms. The number of hydrogen-bond acceptors (Lipinski definition) is 3. The molecule has 0 aliphatic heterocycles. The summed E-state index contributed by atoms with van der Waals surface area (Å²) in [6, 6.07) is 11.4.